The van der Waals surface area contributed by atoms with Gasteiger partial charge in [-0.2, -0.15) is 0 Å². The zero-order valence-corrected chi connectivity index (χ0v) is 14.0. The molecule has 2 heterocycles. The van der Waals surface area contributed by atoms with Crippen molar-refractivity contribution < 1.29 is 4.39 Å². The summed E-state index contributed by atoms with van der Waals surface area (Å²) >= 11 is 6.13. The quantitative estimate of drug-likeness (QED) is 0.712. The molecule has 3 N–H and O–H groups in total. The Labute approximate surface area is 142 Å². The molecule has 0 saturated heterocycles. The van der Waals surface area contributed by atoms with Crippen molar-refractivity contribution in [2.75, 3.05) is 18.1 Å². The number of pyridine rings is 2. The molecule has 0 unspecified atom stereocenters. The summed E-state index contributed by atoms with van der Waals surface area (Å²) in [4.78, 5) is 17.1. The number of fused-ring (bicyclic) bond motifs is 1. The second-order valence-electron chi connectivity index (χ2n) is 5.31. The first-order valence-electron chi connectivity index (χ1n) is 7.43. The normalized spacial score (nSPS) is 11.0. The van der Waals surface area contributed by atoms with Crippen molar-refractivity contribution in [1.29, 1.82) is 0 Å². The van der Waals surface area contributed by atoms with Crippen LogP contribution in [0.15, 0.2) is 35.3 Å². The Balaban J connectivity index is 2.41. The van der Waals surface area contributed by atoms with Crippen LogP contribution < -0.4 is 16.6 Å². The van der Waals surface area contributed by atoms with Gasteiger partial charge in [0.05, 0.1) is 21.8 Å². The molecule has 0 bridgehead atoms. The monoisotopic (exact) mass is 346 g/mol. The van der Waals surface area contributed by atoms with Gasteiger partial charge in [0.25, 0.3) is 5.56 Å². The van der Waals surface area contributed by atoms with Crippen LogP contribution in [0.4, 0.5) is 15.9 Å². The van der Waals surface area contributed by atoms with E-state index in [0.717, 1.165) is 0 Å². The molecule has 0 atom stereocenters. The lowest BCUT2D eigenvalue weighted by Crippen LogP contribution is -2.22. The third-order valence-electron chi connectivity index (χ3n) is 3.94. The van der Waals surface area contributed by atoms with Crippen LogP contribution >= 0.6 is 11.6 Å². The van der Waals surface area contributed by atoms with Gasteiger partial charge in [-0.1, -0.05) is 11.6 Å². The van der Waals surface area contributed by atoms with Crippen molar-refractivity contribution in [2.24, 2.45) is 0 Å². The molecule has 124 valence electrons. The molecule has 0 aliphatic rings. The predicted molar refractivity (Wildman–Crippen MR) is 96.0 cm³/mol. The van der Waals surface area contributed by atoms with Gasteiger partial charge in [-0.05, 0) is 25.1 Å². The minimum atomic E-state index is -0.693. The summed E-state index contributed by atoms with van der Waals surface area (Å²) in [5.74, 6) is -0.0496. The molecule has 0 aliphatic heterocycles. The number of nitrogens with zero attached hydrogens (tertiary/aromatic N) is 2. The van der Waals surface area contributed by atoms with E-state index in [-0.39, 0.29) is 27.4 Å². The molecule has 7 heteroatoms. The van der Waals surface area contributed by atoms with Crippen LogP contribution in [0.25, 0.3) is 22.0 Å². The molecule has 3 rings (SSSR count). The fourth-order valence-corrected chi connectivity index (χ4v) is 2.97. The second-order valence-corrected chi connectivity index (χ2v) is 5.72. The first-order chi connectivity index (χ1) is 11.5. The van der Waals surface area contributed by atoms with Crippen LogP contribution in [0.3, 0.4) is 0 Å². The lowest BCUT2D eigenvalue weighted by atomic mass is 10.0. The number of hydrogen-bond acceptors (Lipinski definition) is 4. The highest BCUT2D eigenvalue weighted by Gasteiger charge is 2.18. The van der Waals surface area contributed by atoms with E-state index in [1.807, 2.05) is 6.92 Å². The first kappa shape index (κ1) is 16.3. The molecular formula is C17H16ClFN4O. The minimum absolute atomic E-state index is 0.0171. The number of nitrogens with two attached hydrogens (primary N) is 1. The van der Waals surface area contributed by atoms with E-state index in [2.05, 4.69) is 10.3 Å². The Morgan fingerprint density at radius 2 is 2.12 bits per heavy atom. The molecule has 1 aromatic carbocycles. The van der Waals surface area contributed by atoms with E-state index in [1.165, 1.54) is 12.1 Å². The maximum absolute atomic E-state index is 14.5. The lowest BCUT2D eigenvalue weighted by Gasteiger charge is -2.14. The standard InChI is InChI=1S/C17H16ClFN4O/c1-3-23-13-7-14(21-2)22-8-9(13)6-10(17(23)24)15-11(18)4-5-12(20)16(15)19/h4-8H,3,20H2,1-2H3,(H,21,22). The molecule has 0 saturated carbocycles. The van der Waals surface area contributed by atoms with E-state index in [4.69, 9.17) is 17.3 Å². The van der Waals surface area contributed by atoms with E-state index in [0.29, 0.717) is 23.3 Å². The van der Waals surface area contributed by atoms with Crippen LogP contribution in [0.1, 0.15) is 6.92 Å². The Kier molecular flexibility index (Phi) is 4.15. The van der Waals surface area contributed by atoms with Crippen LogP contribution in [-0.4, -0.2) is 16.6 Å². The smallest absolute Gasteiger partial charge is 0.259 e. The van der Waals surface area contributed by atoms with Crippen LogP contribution in [0.5, 0.6) is 0 Å². The second kappa shape index (κ2) is 6.13. The number of hydrogen-bond donors (Lipinski definition) is 2. The SMILES string of the molecule is CCn1c(=O)c(-c2c(Cl)ccc(N)c2F)cc2cnc(NC)cc21. The Bertz CT molecular complexity index is 1000. The molecule has 0 radical (unpaired) electrons. The Morgan fingerprint density at radius 3 is 2.79 bits per heavy atom. The topological polar surface area (TPSA) is 72.9 Å². The molecule has 3 aromatic rings. The molecular weight excluding hydrogens is 331 g/mol. The van der Waals surface area contributed by atoms with Crippen molar-refractivity contribution in [3.05, 3.63) is 51.7 Å². The number of rotatable bonds is 3. The maximum atomic E-state index is 14.5. The third-order valence-corrected chi connectivity index (χ3v) is 4.26. The number of halogens is 2. The highest BCUT2D eigenvalue weighted by Crippen LogP contribution is 2.33. The molecule has 24 heavy (non-hydrogen) atoms. The zero-order chi connectivity index (χ0) is 17.4. The summed E-state index contributed by atoms with van der Waals surface area (Å²) in [6.07, 6.45) is 1.63. The molecule has 0 aliphatic carbocycles. The van der Waals surface area contributed by atoms with Crippen molar-refractivity contribution in [3.8, 4) is 11.1 Å². The van der Waals surface area contributed by atoms with Crippen molar-refractivity contribution >= 4 is 34.0 Å². The largest absolute Gasteiger partial charge is 0.396 e. The summed E-state index contributed by atoms with van der Waals surface area (Å²) in [5.41, 5.74) is 6.15. The Morgan fingerprint density at radius 1 is 1.38 bits per heavy atom. The summed E-state index contributed by atoms with van der Waals surface area (Å²) < 4.78 is 16.1. The van der Waals surface area contributed by atoms with Crippen LogP contribution in [0.2, 0.25) is 5.02 Å². The lowest BCUT2D eigenvalue weighted by molar-refractivity contribution is 0.635. The van der Waals surface area contributed by atoms with Gasteiger partial charge in [0.15, 0.2) is 5.82 Å². The van der Waals surface area contributed by atoms with Gasteiger partial charge in [0.1, 0.15) is 5.82 Å². The van der Waals surface area contributed by atoms with E-state index >= 15 is 0 Å². The van der Waals surface area contributed by atoms with E-state index < -0.39 is 5.82 Å². The third kappa shape index (κ3) is 2.49. The highest BCUT2D eigenvalue weighted by molar-refractivity contribution is 6.33. The summed E-state index contributed by atoms with van der Waals surface area (Å²) in [6.45, 7) is 2.28. The van der Waals surface area contributed by atoms with Gasteiger partial charge < -0.3 is 15.6 Å². The van der Waals surface area contributed by atoms with E-state index in [1.54, 1.807) is 29.9 Å². The number of anilines is 2. The number of nitrogens with one attached hydrogen (secondary N) is 1. The van der Waals surface area contributed by atoms with Crippen molar-refractivity contribution in [2.45, 2.75) is 13.5 Å². The maximum Gasteiger partial charge on any atom is 0.259 e. The van der Waals surface area contributed by atoms with Crippen LogP contribution in [-0.2, 0) is 6.54 Å². The number of aromatic nitrogens is 2. The molecule has 0 spiro atoms. The predicted octanol–water partition coefficient (Wildman–Crippen LogP) is 3.50. The first-order valence-corrected chi connectivity index (χ1v) is 7.81. The van der Waals surface area contributed by atoms with Gasteiger partial charge in [0, 0.05) is 36.8 Å². The number of nitrogen functional groups attached to an aromatic ring is 1. The number of aryl methyl sites for hydroxylation is 1. The van der Waals surface area contributed by atoms with Gasteiger partial charge in [-0.15, -0.1) is 0 Å². The number of benzene rings is 1. The summed E-state index contributed by atoms with van der Waals surface area (Å²) in [7, 11) is 1.75. The molecule has 2 aromatic heterocycles. The minimum Gasteiger partial charge on any atom is -0.396 e. The van der Waals surface area contributed by atoms with Gasteiger partial charge >= 0.3 is 0 Å². The van der Waals surface area contributed by atoms with Gasteiger partial charge in [-0.25, -0.2) is 9.37 Å². The molecule has 5 nitrogen and oxygen atoms in total. The fourth-order valence-electron chi connectivity index (χ4n) is 2.72. The van der Waals surface area contributed by atoms with Crippen LogP contribution in [0, 0.1) is 5.82 Å². The van der Waals surface area contributed by atoms with E-state index in [9.17, 15) is 9.18 Å². The summed E-state index contributed by atoms with van der Waals surface area (Å²) in [6, 6.07) is 6.24. The fraction of sp³-hybridized carbons (Fsp3) is 0.176. The molecule has 0 fully saturated rings. The molecule has 0 amide bonds. The average molecular weight is 347 g/mol. The van der Waals surface area contributed by atoms with Gasteiger partial charge in [0.2, 0.25) is 0 Å². The Hall–Kier alpha value is -2.60. The van der Waals surface area contributed by atoms with Gasteiger partial charge in [-0.3, -0.25) is 4.79 Å². The highest BCUT2D eigenvalue weighted by atomic mass is 35.5. The average Bonchev–Trinajstić information content (AvgIpc) is 2.58. The summed E-state index contributed by atoms with van der Waals surface area (Å²) in [5, 5.41) is 3.79. The van der Waals surface area contributed by atoms with Crippen molar-refractivity contribution in [1.82, 2.24) is 9.55 Å². The zero-order valence-electron chi connectivity index (χ0n) is 13.2. The van der Waals surface area contributed by atoms with Crippen molar-refractivity contribution in [3.63, 3.8) is 0 Å².